The molecule has 0 aromatic carbocycles. The molecule has 1 aliphatic rings. The lowest BCUT2D eigenvalue weighted by Crippen LogP contribution is -2.27. The predicted molar refractivity (Wildman–Crippen MR) is 94.1 cm³/mol. The number of hydrogen-bond acceptors (Lipinski definition) is 8. The molecule has 1 amide bonds. The molecule has 10 nitrogen and oxygen atoms in total. The smallest absolute Gasteiger partial charge is 0.414 e. The van der Waals surface area contributed by atoms with Gasteiger partial charge in [-0.2, -0.15) is 4.37 Å². The van der Waals surface area contributed by atoms with Gasteiger partial charge in [0.05, 0.1) is 18.3 Å². The molecule has 0 aliphatic carbocycles. The molecule has 0 fully saturated rings. The first-order valence-corrected chi connectivity index (χ1v) is 8.64. The second-order valence-corrected chi connectivity index (χ2v) is 5.86. The lowest BCUT2D eigenvalue weighted by atomic mass is 10.1. The van der Waals surface area contributed by atoms with Crippen molar-refractivity contribution in [2.24, 2.45) is 0 Å². The first kappa shape index (κ1) is 21.5. The summed E-state index contributed by atoms with van der Waals surface area (Å²) in [5.74, 6) is -3.05. The van der Waals surface area contributed by atoms with Gasteiger partial charge in [-0.15, -0.1) is 4.37 Å². The third kappa shape index (κ3) is 7.57. The van der Waals surface area contributed by atoms with E-state index in [-0.39, 0.29) is 5.91 Å². The van der Waals surface area contributed by atoms with Crippen molar-refractivity contribution >= 4 is 35.1 Å². The zero-order chi connectivity index (χ0) is 19.5. The van der Waals surface area contributed by atoms with Gasteiger partial charge in [0.15, 0.2) is 0 Å². The number of hydrogen-bond donors (Lipinski definition) is 3. The van der Waals surface area contributed by atoms with Crippen molar-refractivity contribution in [2.45, 2.75) is 19.8 Å². The Morgan fingerprint density at radius 2 is 2.00 bits per heavy atom. The van der Waals surface area contributed by atoms with Gasteiger partial charge in [-0.1, -0.05) is 13.0 Å². The van der Waals surface area contributed by atoms with Crippen LogP contribution in [0.25, 0.3) is 5.57 Å². The van der Waals surface area contributed by atoms with Crippen LogP contribution in [0.4, 0.5) is 0 Å². The monoisotopic (exact) mass is 386 g/mol. The van der Waals surface area contributed by atoms with Gasteiger partial charge >= 0.3 is 11.9 Å². The van der Waals surface area contributed by atoms with Crippen LogP contribution in [0.1, 0.15) is 25.5 Å². The molecule has 3 N–H and O–H groups in total. The number of ether oxygens (including phenoxy) is 1. The average Bonchev–Trinajstić information content (AvgIpc) is 3.07. The van der Waals surface area contributed by atoms with E-state index in [9.17, 15) is 4.79 Å². The Morgan fingerprint density at radius 1 is 1.31 bits per heavy atom. The van der Waals surface area contributed by atoms with Crippen LogP contribution in [0.2, 0.25) is 0 Å². The lowest BCUT2D eigenvalue weighted by Gasteiger charge is -2.22. The van der Waals surface area contributed by atoms with Crippen LogP contribution >= 0.6 is 11.7 Å². The second-order valence-electron chi connectivity index (χ2n) is 5.34. The fraction of sp³-hybridized carbons (Fsp3) is 0.533. The van der Waals surface area contributed by atoms with Gasteiger partial charge in [-0.05, 0) is 19.0 Å². The van der Waals surface area contributed by atoms with Gasteiger partial charge in [0.25, 0.3) is 5.88 Å². The van der Waals surface area contributed by atoms with Gasteiger partial charge in [0.2, 0.25) is 5.91 Å². The van der Waals surface area contributed by atoms with Crippen molar-refractivity contribution < 1.29 is 29.3 Å². The summed E-state index contributed by atoms with van der Waals surface area (Å²) in [6, 6.07) is 0. The van der Waals surface area contributed by atoms with Gasteiger partial charge in [0, 0.05) is 19.5 Å². The number of aromatic nitrogens is 2. The fourth-order valence-electron chi connectivity index (χ4n) is 2.00. The molecular weight excluding hydrogens is 364 g/mol. The highest BCUT2D eigenvalue weighted by molar-refractivity contribution is 6.99. The third-order valence-corrected chi connectivity index (χ3v) is 3.78. The molecule has 2 heterocycles. The Labute approximate surface area is 154 Å². The Kier molecular flexibility index (Phi) is 9.23. The molecule has 0 atom stereocenters. The van der Waals surface area contributed by atoms with E-state index < -0.39 is 11.9 Å². The van der Waals surface area contributed by atoms with Crippen molar-refractivity contribution in [3.63, 3.8) is 0 Å². The van der Waals surface area contributed by atoms with Crippen LogP contribution in [-0.2, 0) is 14.4 Å². The SMILES string of the molecule is CCC(=O)NCCOc1nsnc1C1=CCCN(C)C1.O=C(O)C(=O)O. The molecule has 2 rings (SSSR count). The molecule has 0 saturated heterocycles. The van der Waals surface area contributed by atoms with Crippen molar-refractivity contribution in [3.8, 4) is 5.88 Å². The van der Waals surface area contributed by atoms with Crippen LogP contribution in [0, 0.1) is 0 Å². The molecule has 26 heavy (non-hydrogen) atoms. The van der Waals surface area contributed by atoms with E-state index in [0.717, 1.165) is 36.9 Å². The average molecular weight is 386 g/mol. The molecule has 1 aromatic rings. The molecule has 1 aliphatic heterocycles. The van der Waals surface area contributed by atoms with E-state index in [0.29, 0.717) is 25.5 Å². The molecule has 0 saturated carbocycles. The minimum Gasteiger partial charge on any atom is -0.474 e. The highest BCUT2D eigenvalue weighted by Crippen LogP contribution is 2.26. The third-order valence-electron chi connectivity index (χ3n) is 3.27. The summed E-state index contributed by atoms with van der Waals surface area (Å²) in [4.78, 5) is 31.6. The number of amides is 1. The standard InChI is InChI=1S/C13H20N4O2S.C2H2O4/c1-3-11(18)14-6-8-19-13-12(15-20-16-13)10-5-4-7-17(2)9-10;3-1(4)2(5)6/h5H,3-4,6-9H2,1-2H3,(H,14,18);(H,3,4)(H,5,6). The zero-order valence-corrected chi connectivity index (χ0v) is 15.4. The summed E-state index contributed by atoms with van der Waals surface area (Å²) in [5, 5.41) is 17.6. The van der Waals surface area contributed by atoms with E-state index in [1.54, 1.807) is 0 Å². The minimum atomic E-state index is -1.82. The number of nitrogens with zero attached hydrogens (tertiary/aromatic N) is 3. The first-order valence-electron chi connectivity index (χ1n) is 7.91. The maximum Gasteiger partial charge on any atom is 0.414 e. The summed E-state index contributed by atoms with van der Waals surface area (Å²) < 4.78 is 14.1. The van der Waals surface area contributed by atoms with E-state index in [4.69, 9.17) is 24.5 Å². The van der Waals surface area contributed by atoms with Crippen LogP contribution in [-0.4, -0.2) is 75.0 Å². The Balaban J connectivity index is 0.000000487. The van der Waals surface area contributed by atoms with Crippen molar-refractivity contribution in [1.82, 2.24) is 19.0 Å². The Hall–Kier alpha value is -2.53. The van der Waals surface area contributed by atoms with Crippen molar-refractivity contribution in [2.75, 3.05) is 33.3 Å². The van der Waals surface area contributed by atoms with E-state index in [2.05, 4.69) is 32.1 Å². The number of aliphatic carboxylic acids is 2. The maximum absolute atomic E-state index is 11.1. The summed E-state index contributed by atoms with van der Waals surface area (Å²) in [6.07, 6.45) is 3.71. The fourth-order valence-corrected chi connectivity index (χ4v) is 2.53. The normalized spacial score (nSPS) is 13.8. The van der Waals surface area contributed by atoms with E-state index in [1.807, 2.05) is 6.92 Å². The second kappa shape index (κ2) is 11.2. The highest BCUT2D eigenvalue weighted by Gasteiger charge is 2.18. The van der Waals surface area contributed by atoms with Crippen molar-refractivity contribution in [3.05, 3.63) is 11.8 Å². The number of carboxylic acids is 2. The van der Waals surface area contributed by atoms with Gasteiger partial charge in [0.1, 0.15) is 12.3 Å². The Bertz CT molecular complexity index is 648. The topological polar surface area (TPSA) is 142 Å². The quantitative estimate of drug-likeness (QED) is 0.465. The van der Waals surface area contributed by atoms with Crippen molar-refractivity contribution in [1.29, 1.82) is 0 Å². The van der Waals surface area contributed by atoms with E-state index >= 15 is 0 Å². The van der Waals surface area contributed by atoms with Crippen LogP contribution < -0.4 is 10.1 Å². The molecule has 0 bridgehead atoms. The van der Waals surface area contributed by atoms with Gasteiger partial charge < -0.3 is 25.2 Å². The molecule has 0 radical (unpaired) electrons. The zero-order valence-electron chi connectivity index (χ0n) is 14.6. The molecule has 0 spiro atoms. The largest absolute Gasteiger partial charge is 0.474 e. The number of nitrogens with one attached hydrogen (secondary N) is 1. The molecule has 0 unspecified atom stereocenters. The first-order chi connectivity index (χ1) is 12.3. The van der Waals surface area contributed by atoms with Crippen LogP contribution in [0.15, 0.2) is 6.08 Å². The Morgan fingerprint density at radius 3 is 2.58 bits per heavy atom. The summed E-state index contributed by atoms with van der Waals surface area (Å²) in [7, 11) is 2.09. The molecule has 11 heteroatoms. The molecule has 1 aromatic heterocycles. The number of rotatable bonds is 6. The molecular formula is C15H22N4O6S. The predicted octanol–water partition coefficient (Wildman–Crippen LogP) is 0.318. The number of carboxylic acid groups (broad SMARTS) is 2. The minimum absolute atomic E-state index is 0.0295. The number of carbonyl (C=O) groups is 3. The van der Waals surface area contributed by atoms with Crippen LogP contribution in [0.5, 0.6) is 5.88 Å². The highest BCUT2D eigenvalue weighted by atomic mass is 32.1. The number of carbonyl (C=O) groups excluding carboxylic acids is 1. The van der Waals surface area contributed by atoms with Gasteiger partial charge in [-0.3, -0.25) is 4.79 Å². The van der Waals surface area contributed by atoms with Crippen LogP contribution in [0.3, 0.4) is 0 Å². The van der Waals surface area contributed by atoms with Gasteiger partial charge in [-0.25, -0.2) is 9.59 Å². The summed E-state index contributed by atoms with van der Waals surface area (Å²) >= 11 is 1.16. The maximum atomic E-state index is 11.1. The van der Waals surface area contributed by atoms with E-state index in [1.165, 1.54) is 5.57 Å². The summed E-state index contributed by atoms with van der Waals surface area (Å²) in [5.41, 5.74) is 2.00. The summed E-state index contributed by atoms with van der Waals surface area (Å²) in [6.45, 7) is 4.66. The lowest BCUT2D eigenvalue weighted by molar-refractivity contribution is -0.159. The molecule has 144 valence electrons. The number of likely N-dealkylation sites (N-methyl/N-ethyl adjacent to an activating group) is 1.